The van der Waals surface area contributed by atoms with Crippen molar-refractivity contribution in [1.29, 1.82) is 0 Å². The van der Waals surface area contributed by atoms with Crippen molar-refractivity contribution in [3.63, 3.8) is 0 Å². The van der Waals surface area contributed by atoms with Gasteiger partial charge in [0, 0.05) is 12.0 Å². The number of halogens is 2. The third kappa shape index (κ3) is 3.81. The first-order chi connectivity index (χ1) is 10.4. The summed E-state index contributed by atoms with van der Waals surface area (Å²) < 4.78 is 26.9. The average molecular weight is 304 g/mol. The molecule has 2 aromatic rings. The van der Waals surface area contributed by atoms with Crippen molar-refractivity contribution in [2.45, 2.75) is 19.3 Å². The molecule has 0 unspecified atom stereocenters. The van der Waals surface area contributed by atoms with Gasteiger partial charge >= 0.3 is 6.03 Å². The van der Waals surface area contributed by atoms with Crippen LogP contribution in [0, 0.1) is 11.6 Å². The molecule has 0 heterocycles. The molecule has 5 heteroatoms. The minimum absolute atomic E-state index is 0.299. The van der Waals surface area contributed by atoms with E-state index in [4.69, 9.17) is 0 Å². The molecule has 0 aromatic heterocycles. The zero-order chi connectivity index (χ0) is 16.2. The summed E-state index contributed by atoms with van der Waals surface area (Å²) in [4.78, 5) is 11.8. The second-order valence-corrected chi connectivity index (χ2v) is 5.65. The summed E-state index contributed by atoms with van der Waals surface area (Å²) in [5, 5.41) is 4.84. The molecule has 0 spiro atoms. The summed E-state index contributed by atoms with van der Waals surface area (Å²) in [5.74, 6) is -1.62. The number of carbonyl (C=O) groups excluding carboxylic acids is 1. The van der Waals surface area contributed by atoms with Crippen LogP contribution in [0.2, 0.25) is 0 Å². The fraction of sp³-hybridized carbons (Fsp3) is 0.235. The van der Waals surface area contributed by atoms with E-state index in [0.29, 0.717) is 6.54 Å². The van der Waals surface area contributed by atoms with Crippen molar-refractivity contribution in [3.8, 4) is 0 Å². The second kappa shape index (κ2) is 6.56. The number of benzene rings is 2. The number of amides is 2. The van der Waals surface area contributed by atoms with Gasteiger partial charge in [-0.1, -0.05) is 50.2 Å². The lowest BCUT2D eigenvalue weighted by Gasteiger charge is -2.25. The maximum Gasteiger partial charge on any atom is 0.319 e. The fourth-order valence-corrected chi connectivity index (χ4v) is 2.07. The molecule has 0 aliphatic rings. The number of urea groups is 1. The lowest BCUT2D eigenvalue weighted by molar-refractivity contribution is 0.249. The quantitative estimate of drug-likeness (QED) is 0.878. The topological polar surface area (TPSA) is 41.1 Å². The molecule has 3 nitrogen and oxygen atoms in total. The van der Waals surface area contributed by atoms with Crippen molar-refractivity contribution in [1.82, 2.24) is 5.32 Å². The van der Waals surface area contributed by atoms with Crippen LogP contribution in [-0.2, 0) is 5.41 Å². The Morgan fingerprint density at radius 3 is 2.18 bits per heavy atom. The minimum atomic E-state index is -0.808. The van der Waals surface area contributed by atoms with E-state index in [2.05, 4.69) is 10.6 Å². The Hall–Kier alpha value is -2.43. The summed E-state index contributed by atoms with van der Waals surface area (Å²) in [6.07, 6.45) is 0. The first-order valence-corrected chi connectivity index (χ1v) is 6.94. The summed E-state index contributed by atoms with van der Waals surface area (Å²) in [6.45, 7) is 4.29. The highest BCUT2D eigenvalue weighted by Gasteiger charge is 2.21. The van der Waals surface area contributed by atoms with Crippen LogP contribution >= 0.6 is 0 Å². The molecule has 22 heavy (non-hydrogen) atoms. The molecule has 0 aliphatic heterocycles. The van der Waals surface area contributed by atoms with E-state index >= 15 is 0 Å². The van der Waals surface area contributed by atoms with E-state index in [0.717, 1.165) is 17.7 Å². The Labute approximate surface area is 128 Å². The van der Waals surface area contributed by atoms with Crippen LogP contribution in [-0.4, -0.2) is 12.6 Å². The highest BCUT2D eigenvalue weighted by Crippen LogP contribution is 2.22. The van der Waals surface area contributed by atoms with Gasteiger partial charge in [-0.2, -0.15) is 0 Å². The maximum absolute atomic E-state index is 13.5. The molecule has 2 rings (SSSR count). The van der Waals surface area contributed by atoms with Crippen LogP contribution in [0.5, 0.6) is 0 Å². The number of rotatable bonds is 4. The average Bonchev–Trinajstić information content (AvgIpc) is 2.50. The largest absolute Gasteiger partial charge is 0.337 e. The fourth-order valence-electron chi connectivity index (χ4n) is 2.07. The molecular formula is C17H18F2N2O. The van der Waals surface area contributed by atoms with Gasteiger partial charge in [-0.3, -0.25) is 0 Å². The first kappa shape index (κ1) is 15.9. The second-order valence-electron chi connectivity index (χ2n) is 5.65. The lowest BCUT2D eigenvalue weighted by atomic mass is 9.85. The molecule has 0 atom stereocenters. The van der Waals surface area contributed by atoms with Gasteiger partial charge in [0.25, 0.3) is 0 Å². The van der Waals surface area contributed by atoms with Gasteiger partial charge in [-0.05, 0) is 17.7 Å². The number of anilines is 1. The van der Waals surface area contributed by atoms with Crippen molar-refractivity contribution >= 4 is 11.7 Å². The van der Waals surface area contributed by atoms with Gasteiger partial charge < -0.3 is 10.6 Å². The Morgan fingerprint density at radius 2 is 1.59 bits per heavy atom. The van der Waals surface area contributed by atoms with E-state index < -0.39 is 23.4 Å². The van der Waals surface area contributed by atoms with Gasteiger partial charge in [0.1, 0.15) is 17.3 Å². The van der Waals surface area contributed by atoms with Gasteiger partial charge in [0.15, 0.2) is 0 Å². The zero-order valence-corrected chi connectivity index (χ0v) is 12.5. The van der Waals surface area contributed by atoms with Gasteiger partial charge in [-0.15, -0.1) is 0 Å². The molecule has 2 aromatic carbocycles. The van der Waals surface area contributed by atoms with Crippen molar-refractivity contribution in [3.05, 3.63) is 65.7 Å². The predicted octanol–water partition coefficient (Wildman–Crippen LogP) is 4.06. The predicted molar refractivity (Wildman–Crippen MR) is 82.8 cm³/mol. The normalized spacial score (nSPS) is 11.1. The Kier molecular flexibility index (Phi) is 4.75. The highest BCUT2D eigenvalue weighted by molar-refractivity contribution is 5.89. The Balaban J connectivity index is 1.99. The monoisotopic (exact) mass is 304 g/mol. The van der Waals surface area contributed by atoms with E-state index in [9.17, 15) is 13.6 Å². The number of hydrogen-bond acceptors (Lipinski definition) is 1. The van der Waals surface area contributed by atoms with Gasteiger partial charge in [0.05, 0.1) is 0 Å². The third-order valence-electron chi connectivity index (χ3n) is 3.45. The number of hydrogen-bond donors (Lipinski definition) is 2. The van der Waals surface area contributed by atoms with E-state index in [1.807, 2.05) is 44.2 Å². The molecule has 0 saturated carbocycles. The Bertz CT molecular complexity index is 637. The Morgan fingerprint density at radius 1 is 1.00 bits per heavy atom. The van der Waals surface area contributed by atoms with Crippen molar-refractivity contribution in [2.24, 2.45) is 0 Å². The van der Waals surface area contributed by atoms with Crippen LogP contribution in [0.1, 0.15) is 19.4 Å². The third-order valence-corrected chi connectivity index (χ3v) is 3.45. The summed E-state index contributed by atoms with van der Waals surface area (Å²) in [7, 11) is 0. The highest BCUT2D eigenvalue weighted by atomic mass is 19.1. The molecule has 0 saturated heterocycles. The molecule has 2 N–H and O–H groups in total. The van der Waals surface area contributed by atoms with Crippen molar-refractivity contribution in [2.75, 3.05) is 11.9 Å². The van der Waals surface area contributed by atoms with Crippen LogP contribution in [0.3, 0.4) is 0 Å². The summed E-state index contributed by atoms with van der Waals surface area (Å²) in [5.41, 5.74) is 0.316. The molecule has 116 valence electrons. The summed E-state index contributed by atoms with van der Waals surface area (Å²) >= 11 is 0. The van der Waals surface area contributed by atoms with E-state index in [-0.39, 0.29) is 5.41 Å². The molecule has 0 bridgehead atoms. The van der Waals surface area contributed by atoms with E-state index in [1.165, 1.54) is 6.07 Å². The minimum Gasteiger partial charge on any atom is -0.337 e. The molecule has 2 amide bonds. The molecule has 0 fully saturated rings. The van der Waals surface area contributed by atoms with Crippen LogP contribution < -0.4 is 10.6 Å². The standard InChI is InChI=1S/C17H18F2N2O/c1-17(2,12-7-4-3-5-8-12)11-20-16(22)21-15-13(18)9-6-10-14(15)19/h3-10H,11H2,1-2H3,(H2,20,21,22). The van der Waals surface area contributed by atoms with Gasteiger partial charge in [0.2, 0.25) is 0 Å². The molecule has 0 aliphatic carbocycles. The maximum atomic E-state index is 13.5. The van der Waals surface area contributed by atoms with Crippen LogP contribution in [0.15, 0.2) is 48.5 Å². The number of nitrogens with one attached hydrogen (secondary N) is 2. The van der Waals surface area contributed by atoms with Crippen LogP contribution in [0.4, 0.5) is 19.3 Å². The summed E-state index contributed by atoms with van der Waals surface area (Å²) in [6, 6.07) is 12.5. The number of carbonyl (C=O) groups is 1. The van der Waals surface area contributed by atoms with E-state index in [1.54, 1.807) is 0 Å². The molecular weight excluding hydrogens is 286 g/mol. The number of para-hydroxylation sites is 1. The zero-order valence-electron chi connectivity index (χ0n) is 12.5. The van der Waals surface area contributed by atoms with Crippen LogP contribution in [0.25, 0.3) is 0 Å². The van der Waals surface area contributed by atoms with Gasteiger partial charge in [-0.25, -0.2) is 13.6 Å². The first-order valence-electron chi connectivity index (χ1n) is 6.94. The SMILES string of the molecule is CC(C)(CNC(=O)Nc1c(F)cccc1F)c1ccccc1. The smallest absolute Gasteiger partial charge is 0.319 e. The van der Waals surface area contributed by atoms with Crippen molar-refractivity contribution < 1.29 is 13.6 Å². The lowest BCUT2D eigenvalue weighted by Crippen LogP contribution is -2.39. The molecule has 0 radical (unpaired) electrons.